The number of pyridine rings is 1. The molecule has 21 heavy (non-hydrogen) atoms. The van der Waals surface area contributed by atoms with Crippen LogP contribution in [0.5, 0.6) is 5.75 Å². The summed E-state index contributed by atoms with van der Waals surface area (Å²) in [6.45, 7) is 2.14. The first-order chi connectivity index (χ1) is 10.2. The molecule has 0 spiro atoms. The minimum Gasteiger partial charge on any atom is -0.496 e. The SMILES string of the molecule is CCOC(=O)C=Cc1ccc(-c2ccccn2)c(OC)c1. The zero-order chi connectivity index (χ0) is 15.1. The molecule has 1 aromatic heterocycles. The Morgan fingerprint density at radius 2 is 2.14 bits per heavy atom. The zero-order valence-electron chi connectivity index (χ0n) is 12.1. The van der Waals surface area contributed by atoms with E-state index in [1.165, 1.54) is 6.08 Å². The van der Waals surface area contributed by atoms with E-state index in [1.807, 2.05) is 36.4 Å². The van der Waals surface area contributed by atoms with E-state index in [0.29, 0.717) is 12.4 Å². The molecule has 0 N–H and O–H groups in total. The van der Waals surface area contributed by atoms with Gasteiger partial charge in [0.25, 0.3) is 0 Å². The van der Waals surface area contributed by atoms with Crippen molar-refractivity contribution in [1.82, 2.24) is 4.98 Å². The molecule has 4 nitrogen and oxygen atoms in total. The van der Waals surface area contributed by atoms with Crippen molar-refractivity contribution < 1.29 is 14.3 Å². The first kappa shape index (κ1) is 14.8. The Morgan fingerprint density at radius 3 is 2.81 bits per heavy atom. The van der Waals surface area contributed by atoms with Crippen LogP contribution in [-0.4, -0.2) is 24.7 Å². The Kier molecular flexibility index (Phi) is 5.10. The summed E-state index contributed by atoms with van der Waals surface area (Å²) in [5.41, 5.74) is 2.61. The van der Waals surface area contributed by atoms with Crippen LogP contribution in [0, 0.1) is 0 Å². The number of rotatable bonds is 5. The van der Waals surface area contributed by atoms with Crippen molar-refractivity contribution in [3.05, 3.63) is 54.2 Å². The molecule has 0 aliphatic carbocycles. The minimum atomic E-state index is -0.356. The van der Waals surface area contributed by atoms with Crippen LogP contribution >= 0.6 is 0 Å². The van der Waals surface area contributed by atoms with E-state index in [9.17, 15) is 4.79 Å². The van der Waals surface area contributed by atoms with Crippen molar-refractivity contribution in [3.8, 4) is 17.0 Å². The van der Waals surface area contributed by atoms with Crippen molar-refractivity contribution in [1.29, 1.82) is 0 Å². The van der Waals surface area contributed by atoms with E-state index in [0.717, 1.165) is 16.8 Å². The molecule has 0 atom stereocenters. The molecule has 0 unspecified atom stereocenters. The van der Waals surface area contributed by atoms with Gasteiger partial charge in [-0.25, -0.2) is 4.79 Å². The van der Waals surface area contributed by atoms with Crippen LogP contribution < -0.4 is 4.74 Å². The van der Waals surface area contributed by atoms with Crippen LogP contribution in [-0.2, 0) is 9.53 Å². The Hall–Kier alpha value is -2.62. The molecule has 1 aromatic carbocycles. The summed E-state index contributed by atoms with van der Waals surface area (Å²) < 4.78 is 10.3. The van der Waals surface area contributed by atoms with Crippen molar-refractivity contribution in [2.45, 2.75) is 6.92 Å². The summed E-state index contributed by atoms with van der Waals surface area (Å²) in [6, 6.07) is 11.4. The number of benzene rings is 1. The first-order valence-corrected chi connectivity index (χ1v) is 6.69. The fraction of sp³-hybridized carbons (Fsp3) is 0.176. The summed E-state index contributed by atoms with van der Waals surface area (Å²) in [4.78, 5) is 15.6. The summed E-state index contributed by atoms with van der Waals surface area (Å²) >= 11 is 0. The first-order valence-electron chi connectivity index (χ1n) is 6.69. The van der Waals surface area contributed by atoms with E-state index in [4.69, 9.17) is 9.47 Å². The van der Waals surface area contributed by atoms with Crippen LogP contribution in [0.1, 0.15) is 12.5 Å². The lowest BCUT2D eigenvalue weighted by atomic mass is 10.1. The predicted octanol–water partition coefficient (Wildman–Crippen LogP) is 3.33. The number of carbonyl (C=O) groups excluding carboxylic acids is 1. The summed E-state index contributed by atoms with van der Waals surface area (Å²) in [5.74, 6) is 0.352. The van der Waals surface area contributed by atoms with Gasteiger partial charge >= 0.3 is 5.97 Å². The Balaban J connectivity index is 2.27. The highest BCUT2D eigenvalue weighted by molar-refractivity contribution is 5.87. The van der Waals surface area contributed by atoms with E-state index in [2.05, 4.69) is 4.98 Å². The van der Waals surface area contributed by atoms with Gasteiger partial charge < -0.3 is 9.47 Å². The van der Waals surface area contributed by atoms with Gasteiger partial charge in [-0.15, -0.1) is 0 Å². The molecule has 0 saturated heterocycles. The lowest BCUT2D eigenvalue weighted by Gasteiger charge is -2.08. The highest BCUT2D eigenvalue weighted by Crippen LogP contribution is 2.29. The molecule has 2 aromatic rings. The lowest BCUT2D eigenvalue weighted by molar-refractivity contribution is -0.137. The number of nitrogens with zero attached hydrogens (tertiary/aromatic N) is 1. The highest BCUT2D eigenvalue weighted by atomic mass is 16.5. The summed E-state index contributed by atoms with van der Waals surface area (Å²) in [6.07, 6.45) is 4.84. The maximum absolute atomic E-state index is 11.3. The van der Waals surface area contributed by atoms with Gasteiger partial charge in [-0.3, -0.25) is 4.98 Å². The topological polar surface area (TPSA) is 48.4 Å². The maximum atomic E-state index is 11.3. The van der Waals surface area contributed by atoms with E-state index in [1.54, 1.807) is 26.3 Å². The second-order valence-corrected chi connectivity index (χ2v) is 4.26. The third-order valence-electron chi connectivity index (χ3n) is 2.86. The fourth-order valence-corrected chi connectivity index (χ4v) is 1.90. The molecule has 0 saturated carbocycles. The molecule has 0 radical (unpaired) electrons. The van der Waals surface area contributed by atoms with Gasteiger partial charge in [0.1, 0.15) is 5.75 Å². The maximum Gasteiger partial charge on any atom is 0.330 e. The van der Waals surface area contributed by atoms with E-state index in [-0.39, 0.29) is 5.97 Å². The third kappa shape index (κ3) is 3.92. The average molecular weight is 283 g/mol. The van der Waals surface area contributed by atoms with Crippen LogP contribution in [0.2, 0.25) is 0 Å². The second-order valence-electron chi connectivity index (χ2n) is 4.26. The molecular formula is C17H17NO3. The van der Waals surface area contributed by atoms with Gasteiger partial charge in [-0.1, -0.05) is 12.1 Å². The standard InChI is InChI=1S/C17H17NO3/c1-3-21-17(19)10-8-13-7-9-14(16(12-13)20-2)15-6-4-5-11-18-15/h4-12H,3H2,1-2H3. The van der Waals surface area contributed by atoms with Crippen LogP contribution in [0.3, 0.4) is 0 Å². The van der Waals surface area contributed by atoms with Crippen molar-refractivity contribution >= 4 is 12.0 Å². The van der Waals surface area contributed by atoms with E-state index >= 15 is 0 Å². The molecule has 2 rings (SSSR count). The largest absolute Gasteiger partial charge is 0.496 e. The molecule has 0 amide bonds. The highest BCUT2D eigenvalue weighted by Gasteiger charge is 2.07. The third-order valence-corrected chi connectivity index (χ3v) is 2.86. The normalized spacial score (nSPS) is 10.6. The number of esters is 1. The minimum absolute atomic E-state index is 0.356. The van der Waals surface area contributed by atoms with Crippen molar-refractivity contribution in [2.24, 2.45) is 0 Å². The molecule has 0 bridgehead atoms. The fourth-order valence-electron chi connectivity index (χ4n) is 1.90. The molecular weight excluding hydrogens is 266 g/mol. The number of ether oxygens (including phenoxy) is 2. The van der Waals surface area contributed by atoms with Gasteiger partial charge in [0, 0.05) is 17.8 Å². The average Bonchev–Trinajstić information content (AvgIpc) is 2.54. The molecule has 0 aliphatic heterocycles. The predicted molar refractivity (Wildman–Crippen MR) is 81.9 cm³/mol. The van der Waals surface area contributed by atoms with Crippen LogP contribution in [0.25, 0.3) is 17.3 Å². The molecule has 4 heteroatoms. The van der Waals surface area contributed by atoms with Crippen molar-refractivity contribution in [3.63, 3.8) is 0 Å². The van der Waals surface area contributed by atoms with Gasteiger partial charge in [0.05, 0.1) is 19.4 Å². The second kappa shape index (κ2) is 7.24. The lowest BCUT2D eigenvalue weighted by Crippen LogP contribution is -1.98. The number of carbonyl (C=O) groups is 1. The quantitative estimate of drug-likeness (QED) is 0.624. The van der Waals surface area contributed by atoms with Crippen LogP contribution in [0.15, 0.2) is 48.7 Å². The van der Waals surface area contributed by atoms with Crippen molar-refractivity contribution in [2.75, 3.05) is 13.7 Å². The number of methoxy groups -OCH3 is 1. The number of aromatic nitrogens is 1. The monoisotopic (exact) mass is 283 g/mol. The van der Waals surface area contributed by atoms with Gasteiger partial charge in [-0.05, 0) is 42.8 Å². The molecule has 0 fully saturated rings. The van der Waals surface area contributed by atoms with Gasteiger partial charge in [0.2, 0.25) is 0 Å². The van der Waals surface area contributed by atoms with Crippen LogP contribution in [0.4, 0.5) is 0 Å². The zero-order valence-corrected chi connectivity index (χ0v) is 12.1. The molecule has 108 valence electrons. The smallest absolute Gasteiger partial charge is 0.330 e. The Bertz CT molecular complexity index is 636. The Morgan fingerprint density at radius 1 is 1.29 bits per heavy atom. The van der Waals surface area contributed by atoms with E-state index < -0.39 is 0 Å². The molecule has 1 heterocycles. The Labute approximate surface area is 124 Å². The van der Waals surface area contributed by atoms with Gasteiger partial charge in [-0.2, -0.15) is 0 Å². The molecule has 0 aliphatic rings. The van der Waals surface area contributed by atoms with Gasteiger partial charge in [0.15, 0.2) is 0 Å². The summed E-state index contributed by atoms with van der Waals surface area (Å²) in [7, 11) is 1.61. The summed E-state index contributed by atoms with van der Waals surface area (Å²) in [5, 5.41) is 0. The number of hydrogen-bond acceptors (Lipinski definition) is 4. The number of hydrogen-bond donors (Lipinski definition) is 0.